The fourth-order valence-electron chi connectivity index (χ4n) is 2.32. The maximum Gasteiger partial charge on any atom is 0.118 e. The molecule has 0 aliphatic rings. The molecule has 0 fully saturated rings. The smallest absolute Gasteiger partial charge is 0.118 e. The highest BCUT2D eigenvalue weighted by Gasteiger charge is 2.04. The van der Waals surface area contributed by atoms with E-state index in [1.54, 1.807) is 7.11 Å². The Labute approximate surface area is 138 Å². The second-order valence-electron chi connectivity index (χ2n) is 5.33. The maximum atomic E-state index is 5.79. The second kappa shape index (κ2) is 9.70. The van der Waals surface area contributed by atoms with Crippen LogP contribution in [0.25, 0.3) is 0 Å². The number of nitrogens with one attached hydrogen (secondary N) is 1. The van der Waals surface area contributed by atoms with Crippen LogP contribution in [-0.4, -0.2) is 19.8 Å². The molecule has 3 nitrogen and oxygen atoms in total. The number of anilines is 1. The normalized spacial score (nSPS) is 12.3. The molecule has 1 unspecified atom stereocenters. The standard InChI is InChI=1S/C20H25NO2/c1-3-7-18(21-19-8-5-4-6-9-19)14-15-23-16-17-10-12-20(22-2)13-11-17/h3-13,18,21H,14-16H2,1-2H3/b7-3+. The molecule has 0 aliphatic carbocycles. The molecule has 2 rings (SSSR count). The van der Waals surface area contributed by atoms with Crippen molar-refractivity contribution in [2.45, 2.75) is 26.0 Å². The van der Waals surface area contributed by atoms with Gasteiger partial charge in [-0.25, -0.2) is 0 Å². The Morgan fingerprint density at radius 2 is 1.78 bits per heavy atom. The summed E-state index contributed by atoms with van der Waals surface area (Å²) in [5.74, 6) is 0.869. The Balaban J connectivity index is 1.75. The van der Waals surface area contributed by atoms with Crippen LogP contribution in [0.5, 0.6) is 5.75 Å². The van der Waals surface area contributed by atoms with Gasteiger partial charge in [0.2, 0.25) is 0 Å². The Kier molecular flexibility index (Phi) is 7.21. The molecule has 0 saturated carbocycles. The molecule has 2 aromatic rings. The van der Waals surface area contributed by atoms with Gasteiger partial charge in [-0.2, -0.15) is 0 Å². The molecule has 122 valence electrons. The number of ether oxygens (including phenoxy) is 2. The van der Waals surface area contributed by atoms with E-state index in [4.69, 9.17) is 9.47 Å². The molecule has 0 aromatic heterocycles. The zero-order valence-corrected chi connectivity index (χ0v) is 13.9. The second-order valence-corrected chi connectivity index (χ2v) is 5.33. The summed E-state index contributed by atoms with van der Waals surface area (Å²) >= 11 is 0. The van der Waals surface area contributed by atoms with Gasteiger partial charge in [0.05, 0.1) is 13.7 Å². The van der Waals surface area contributed by atoms with Gasteiger partial charge in [0.15, 0.2) is 0 Å². The van der Waals surface area contributed by atoms with Crippen LogP contribution in [0.2, 0.25) is 0 Å². The van der Waals surface area contributed by atoms with Crippen LogP contribution in [0.3, 0.4) is 0 Å². The van der Waals surface area contributed by atoms with Gasteiger partial charge in [0.25, 0.3) is 0 Å². The van der Waals surface area contributed by atoms with E-state index in [2.05, 4.69) is 29.6 Å². The third kappa shape index (κ3) is 6.17. The predicted molar refractivity (Wildman–Crippen MR) is 95.9 cm³/mol. The van der Waals surface area contributed by atoms with Crippen molar-refractivity contribution in [2.75, 3.05) is 19.0 Å². The van der Waals surface area contributed by atoms with Gasteiger partial charge >= 0.3 is 0 Å². The highest BCUT2D eigenvalue weighted by molar-refractivity contribution is 5.44. The van der Waals surface area contributed by atoms with Gasteiger partial charge in [-0.1, -0.05) is 42.5 Å². The predicted octanol–water partition coefficient (Wildman–Crippen LogP) is 4.66. The monoisotopic (exact) mass is 311 g/mol. The Hall–Kier alpha value is -2.26. The van der Waals surface area contributed by atoms with Crippen LogP contribution in [-0.2, 0) is 11.3 Å². The zero-order valence-electron chi connectivity index (χ0n) is 13.9. The quantitative estimate of drug-likeness (QED) is 0.540. The number of rotatable bonds is 9. The van der Waals surface area contributed by atoms with Crippen molar-refractivity contribution in [1.29, 1.82) is 0 Å². The van der Waals surface area contributed by atoms with Crippen LogP contribution in [0.15, 0.2) is 66.7 Å². The number of benzene rings is 2. The van der Waals surface area contributed by atoms with E-state index in [1.807, 2.05) is 49.4 Å². The minimum absolute atomic E-state index is 0.276. The zero-order chi connectivity index (χ0) is 16.3. The van der Waals surface area contributed by atoms with E-state index in [9.17, 15) is 0 Å². The summed E-state index contributed by atoms with van der Waals surface area (Å²) in [6.45, 7) is 3.37. The molecular weight excluding hydrogens is 286 g/mol. The lowest BCUT2D eigenvalue weighted by Crippen LogP contribution is -2.19. The molecule has 0 aliphatic heterocycles. The van der Waals surface area contributed by atoms with E-state index in [0.29, 0.717) is 13.2 Å². The molecule has 0 heterocycles. The molecule has 1 N–H and O–H groups in total. The van der Waals surface area contributed by atoms with E-state index in [-0.39, 0.29) is 6.04 Å². The summed E-state index contributed by atoms with van der Waals surface area (Å²) in [7, 11) is 1.67. The topological polar surface area (TPSA) is 30.5 Å². The molecule has 2 aromatic carbocycles. The molecule has 0 bridgehead atoms. The average Bonchev–Trinajstić information content (AvgIpc) is 2.60. The maximum absolute atomic E-state index is 5.79. The van der Waals surface area contributed by atoms with Crippen molar-refractivity contribution in [3.8, 4) is 5.75 Å². The third-order valence-corrected chi connectivity index (χ3v) is 3.55. The van der Waals surface area contributed by atoms with Crippen molar-refractivity contribution in [3.05, 3.63) is 72.3 Å². The Bertz CT molecular complexity index is 578. The van der Waals surface area contributed by atoms with Gasteiger partial charge in [0, 0.05) is 18.3 Å². The lowest BCUT2D eigenvalue weighted by molar-refractivity contribution is 0.117. The molecule has 0 radical (unpaired) electrons. The van der Waals surface area contributed by atoms with E-state index < -0.39 is 0 Å². The number of methoxy groups -OCH3 is 1. The summed E-state index contributed by atoms with van der Waals surface area (Å²) in [4.78, 5) is 0. The van der Waals surface area contributed by atoms with E-state index >= 15 is 0 Å². The first-order valence-corrected chi connectivity index (χ1v) is 7.97. The lowest BCUT2D eigenvalue weighted by atomic mass is 10.2. The van der Waals surface area contributed by atoms with Crippen molar-refractivity contribution >= 4 is 5.69 Å². The van der Waals surface area contributed by atoms with Crippen molar-refractivity contribution < 1.29 is 9.47 Å². The van der Waals surface area contributed by atoms with Crippen molar-refractivity contribution in [1.82, 2.24) is 0 Å². The Morgan fingerprint density at radius 1 is 1.04 bits per heavy atom. The molecule has 1 atom stereocenters. The summed E-state index contributed by atoms with van der Waals surface area (Å²) < 4.78 is 10.9. The van der Waals surface area contributed by atoms with Crippen LogP contribution in [0.4, 0.5) is 5.69 Å². The van der Waals surface area contributed by atoms with E-state index in [1.165, 1.54) is 0 Å². The number of hydrogen-bond acceptors (Lipinski definition) is 3. The minimum Gasteiger partial charge on any atom is -0.497 e. The first-order valence-electron chi connectivity index (χ1n) is 7.97. The van der Waals surface area contributed by atoms with Crippen LogP contribution in [0.1, 0.15) is 18.9 Å². The fourth-order valence-corrected chi connectivity index (χ4v) is 2.32. The molecule has 3 heteroatoms. The number of para-hydroxylation sites is 1. The lowest BCUT2D eigenvalue weighted by Gasteiger charge is -2.16. The van der Waals surface area contributed by atoms with Crippen LogP contribution >= 0.6 is 0 Å². The first-order chi connectivity index (χ1) is 11.3. The van der Waals surface area contributed by atoms with Crippen molar-refractivity contribution in [3.63, 3.8) is 0 Å². The highest BCUT2D eigenvalue weighted by Crippen LogP contribution is 2.13. The molecule has 0 spiro atoms. The van der Waals surface area contributed by atoms with Gasteiger partial charge in [0.1, 0.15) is 5.75 Å². The van der Waals surface area contributed by atoms with Gasteiger partial charge in [-0.3, -0.25) is 0 Å². The SMILES string of the molecule is C/C=C/C(CCOCc1ccc(OC)cc1)Nc1ccccc1. The minimum atomic E-state index is 0.276. The number of hydrogen-bond donors (Lipinski definition) is 1. The highest BCUT2D eigenvalue weighted by atomic mass is 16.5. The number of allylic oxidation sites excluding steroid dienone is 1. The fraction of sp³-hybridized carbons (Fsp3) is 0.300. The van der Waals surface area contributed by atoms with E-state index in [0.717, 1.165) is 23.4 Å². The molecule has 23 heavy (non-hydrogen) atoms. The van der Waals surface area contributed by atoms with Gasteiger partial charge < -0.3 is 14.8 Å². The van der Waals surface area contributed by atoms with Crippen LogP contribution < -0.4 is 10.1 Å². The summed E-state index contributed by atoms with van der Waals surface area (Å²) in [5, 5.41) is 3.51. The van der Waals surface area contributed by atoms with Crippen LogP contribution in [0, 0.1) is 0 Å². The molecule has 0 saturated heterocycles. The third-order valence-electron chi connectivity index (χ3n) is 3.55. The molecular formula is C20H25NO2. The summed E-state index contributed by atoms with van der Waals surface area (Å²) in [6, 6.07) is 18.5. The van der Waals surface area contributed by atoms with Crippen molar-refractivity contribution in [2.24, 2.45) is 0 Å². The van der Waals surface area contributed by atoms with Gasteiger partial charge in [-0.15, -0.1) is 0 Å². The van der Waals surface area contributed by atoms with Gasteiger partial charge in [-0.05, 0) is 43.2 Å². The largest absolute Gasteiger partial charge is 0.497 e. The first kappa shape index (κ1) is 17.1. The summed E-state index contributed by atoms with van der Waals surface area (Å²) in [6.07, 6.45) is 5.17. The average molecular weight is 311 g/mol. The molecule has 0 amide bonds. The Morgan fingerprint density at radius 3 is 2.43 bits per heavy atom. The summed E-state index contributed by atoms with van der Waals surface area (Å²) in [5.41, 5.74) is 2.29.